The van der Waals surface area contributed by atoms with E-state index in [1.54, 1.807) is 0 Å². The molecule has 0 aromatic rings. The molecule has 0 spiro atoms. The number of hydrogen-bond donors (Lipinski definition) is 4. The average molecular weight is 807 g/mol. The van der Waals surface area contributed by atoms with E-state index in [4.69, 9.17) is 18.9 Å². The number of ether oxygens (including phenoxy) is 4. The molecule has 9 nitrogen and oxygen atoms in total. The number of allylic oxidation sites excluding steroid dienone is 8. The van der Waals surface area contributed by atoms with Crippen LogP contribution >= 0.6 is 0 Å². The Balaban J connectivity index is 2.26. The van der Waals surface area contributed by atoms with Crippen LogP contribution < -0.4 is 0 Å². The molecule has 0 amide bonds. The van der Waals surface area contributed by atoms with Gasteiger partial charge in [0.05, 0.1) is 19.8 Å². The Morgan fingerprint density at radius 1 is 0.579 bits per heavy atom. The summed E-state index contributed by atoms with van der Waals surface area (Å²) in [6, 6.07) is 0. The minimum Gasteiger partial charge on any atom is -0.457 e. The van der Waals surface area contributed by atoms with Crippen LogP contribution in [-0.2, 0) is 23.7 Å². The smallest absolute Gasteiger partial charge is 0.306 e. The molecule has 0 aromatic heterocycles. The van der Waals surface area contributed by atoms with Gasteiger partial charge in [-0.25, -0.2) is 0 Å². The molecule has 9 heteroatoms. The molecule has 1 saturated heterocycles. The molecule has 0 saturated carbocycles. The molecule has 4 N–H and O–H groups in total. The molecule has 57 heavy (non-hydrogen) atoms. The van der Waals surface area contributed by atoms with Crippen LogP contribution in [0.3, 0.4) is 0 Å². The fraction of sp³-hybridized carbons (Fsp3) is 0.812. The first-order valence-corrected chi connectivity index (χ1v) is 23.2. The summed E-state index contributed by atoms with van der Waals surface area (Å²) >= 11 is 0. The van der Waals surface area contributed by atoms with E-state index in [2.05, 4.69) is 62.5 Å². The minimum absolute atomic E-state index is 0.118. The Hall–Kier alpha value is -1.85. The molecule has 1 aliphatic heterocycles. The van der Waals surface area contributed by atoms with Crippen molar-refractivity contribution in [2.24, 2.45) is 0 Å². The van der Waals surface area contributed by atoms with Crippen LogP contribution in [0.25, 0.3) is 0 Å². The number of rotatable bonds is 39. The van der Waals surface area contributed by atoms with Crippen LogP contribution in [0.2, 0.25) is 0 Å². The van der Waals surface area contributed by atoms with Gasteiger partial charge in [0, 0.05) is 13.0 Å². The van der Waals surface area contributed by atoms with Crippen LogP contribution in [-0.4, -0.2) is 89.6 Å². The quantitative estimate of drug-likeness (QED) is 0.0272. The van der Waals surface area contributed by atoms with E-state index in [0.717, 1.165) is 70.6 Å². The van der Waals surface area contributed by atoms with Crippen molar-refractivity contribution in [3.63, 3.8) is 0 Å². The molecule has 1 aliphatic rings. The van der Waals surface area contributed by atoms with Crippen LogP contribution in [0.1, 0.15) is 187 Å². The fourth-order valence-electron chi connectivity index (χ4n) is 6.89. The van der Waals surface area contributed by atoms with E-state index >= 15 is 0 Å². The highest BCUT2D eigenvalue weighted by molar-refractivity contribution is 5.69. The lowest BCUT2D eigenvalue weighted by Gasteiger charge is -2.39. The summed E-state index contributed by atoms with van der Waals surface area (Å²) in [5.41, 5.74) is 0. The Morgan fingerprint density at radius 3 is 1.61 bits per heavy atom. The van der Waals surface area contributed by atoms with Gasteiger partial charge in [-0.2, -0.15) is 0 Å². The highest BCUT2D eigenvalue weighted by Crippen LogP contribution is 2.22. The summed E-state index contributed by atoms with van der Waals surface area (Å²) in [4.78, 5) is 12.8. The van der Waals surface area contributed by atoms with Crippen LogP contribution in [0, 0.1) is 0 Å². The number of carbonyl (C=O) groups excluding carboxylic acids is 1. The van der Waals surface area contributed by atoms with Gasteiger partial charge in [-0.3, -0.25) is 4.79 Å². The van der Waals surface area contributed by atoms with Crippen molar-refractivity contribution in [2.75, 3.05) is 26.4 Å². The molecule has 1 rings (SSSR count). The maximum absolute atomic E-state index is 12.8. The molecule has 6 unspecified atom stereocenters. The zero-order valence-corrected chi connectivity index (χ0v) is 36.3. The topological polar surface area (TPSA) is 135 Å². The minimum atomic E-state index is -1.54. The molecule has 6 atom stereocenters. The van der Waals surface area contributed by atoms with Gasteiger partial charge in [-0.15, -0.1) is 0 Å². The van der Waals surface area contributed by atoms with Crippen molar-refractivity contribution >= 4 is 5.97 Å². The Kier molecular flexibility index (Phi) is 36.9. The van der Waals surface area contributed by atoms with Gasteiger partial charge in [0.15, 0.2) is 6.29 Å². The van der Waals surface area contributed by atoms with Crippen molar-refractivity contribution < 1.29 is 44.2 Å². The lowest BCUT2D eigenvalue weighted by molar-refractivity contribution is -0.305. The number of aliphatic hydroxyl groups is 4. The lowest BCUT2D eigenvalue weighted by atomic mass is 9.99. The highest BCUT2D eigenvalue weighted by Gasteiger charge is 2.44. The van der Waals surface area contributed by atoms with Crippen molar-refractivity contribution in [3.8, 4) is 0 Å². The second kappa shape index (κ2) is 39.6. The zero-order valence-electron chi connectivity index (χ0n) is 36.3. The normalized spacial score (nSPS) is 20.8. The molecule has 0 bridgehead atoms. The number of esters is 1. The van der Waals surface area contributed by atoms with Crippen LogP contribution in [0.5, 0.6) is 0 Å². The summed E-state index contributed by atoms with van der Waals surface area (Å²) in [6.45, 7) is 4.44. The first-order valence-electron chi connectivity index (χ1n) is 23.2. The van der Waals surface area contributed by atoms with Crippen LogP contribution in [0.4, 0.5) is 0 Å². The summed E-state index contributed by atoms with van der Waals surface area (Å²) in [7, 11) is 0. The summed E-state index contributed by atoms with van der Waals surface area (Å²) in [6.07, 6.45) is 41.3. The Bertz CT molecular complexity index is 1010. The number of aliphatic hydroxyl groups excluding tert-OH is 4. The summed E-state index contributed by atoms with van der Waals surface area (Å²) in [5.74, 6) is -0.327. The first-order chi connectivity index (χ1) is 27.9. The second-order valence-electron chi connectivity index (χ2n) is 15.8. The molecule has 0 radical (unpaired) electrons. The third kappa shape index (κ3) is 30.8. The molecule has 1 fully saturated rings. The van der Waals surface area contributed by atoms with Gasteiger partial charge in [-0.05, 0) is 51.4 Å². The van der Waals surface area contributed by atoms with Crippen molar-refractivity contribution in [1.82, 2.24) is 0 Å². The number of carbonyl (C=O) groups is 1. The fourth-order valence-corrected chi connectivity index (χ4v) is 6.89. The van der Waals surface area contributed by atoms with Crippen LogP contribution in [0.15, 0.2) is 48.6 Å². The Labute approximate surface area is 348 Å². The van der Waals surface area contributed by atoms with E-state index in [1.165, 1.54) is 96.3 Å². The Morgan fingerprint density at radius 2 is 1.07 bits per heavy atom. The molecule has 0 aliphatic carbocycles. The molecular weight excluding hydrogens is 721 g/mol. The monoisotopic (exact) mass is 807 g/mol. The largest absolute Gasteiger partial charge is 0.457 e. The second-order valence-corrected chi connectivity index (χ2v) is 15.8. The SMILES string of the molecule is CC/C=C\C/C=C\C/C=C\C/C=C\CCCCCCCCC(=O)OC(COCCCCCCCCCCCCCCCCC)COC1OC(CO)C(O)C(O)C1O. The maximum atomic E-state index is 12.8. The summed E-state index contributed by atoms with van der Waals surface area (Å²) < 4.78 is 22.8. The first kappa shape index (κ1) is 53.2. The maximum Gasteiger partial charge on any atom is 0.306 e. The van der Waals surface area contributed by atoms with E-state index in [9.17, 15) is 25.2 Å². The van der Waals surface area contributed by atoms with E-state index in [-0.39, 0.29) is 19.2 Å². The molecule has 0 aromatic carbocycles. The summed E-state index contributed by atoms with van der Waals surface area (Å²) in [5, 5.41) is 40.1. The van der Waals surface area contributed by atoms with Gasteiger partial charge in [0.1, 0.15) is 30.5 Å². The van der Waals surface area contributed by atoms with E-state index in [0.29, 0.717) is 13.0 Å². The molecule has 1 heterocycles. The van der Waals surface area contributed by atoms with Gasteiger partial charge < -0.3 is 39.4 Å². The average Bonchev–Trinajstić information content (AvgIpc) is 3.21. The zero-order chi connectivity index (χ0) is 41.4. The van der Waals surface area contributed by atoms with Crippen molar-refractivity contribution in [1.29, 1.82) is 0 Å². The highest BCUT2D eigenvalue weighted by atomic mass is 16.7. The third-order valence-electron chi connectivity index (χ3n) is 10.5. The van der Waals surface area contributed by atoms with E-state index in [1.807, 2.05) is 0 Å². The van der Waals surface area contributed by atoms with Gasteiger partial charge >= 0.3 is 5.97 Å². The van der Waals surface area contributed by atoms with Gasteiger partial charge in [0.25, 0.3) is 0 Å². The van der Waals surface area contributed by atoms with Crippen molar-refractivity contribution in [2.45, 2.75) is 224 Å². The molecule has 332 valence electrons. The van der Waals surface area contributed by atoms with Gasteiger partial charge in [0.2, 0.25) is 0 Å². The van der Waals surface area contributed by atoms with Crippen molar-refractivity contribution in [3.05, 3.63) is 48.6 Å². The van der Waals surface area contributed by atoms with E-state index < -0.39 is 43.4 Å². The molecular formula is C48H86O9. The predicted molar refractivity (Wildman–Crippen MR) is 233 cm³/mol. The standard InChI is InChI=1S/C48H86O9/c1-3-5-7-9-11-13-15-17-19-20-21-22-23-25-27-29-31-33-35-37-44(50)56-42(41-55-48-47(53)46(52)45(51)43(39-49)57-48)40-54-38-36-34-32-30-28-26-24-18-16-14-12-10-8-6-4-2/h5,7,11,13,17,19,21-22,42-43,45-49,51-53H,3-4,6,8-10,12,14-16,18,20,23-41H2,1-2H3/b7-5-,13-11-,19-17-,22-21-. The third-order valence-corrected chi connectivity index (χ3v) is 10.5. The number of unbranched alkanes of at least 4 members (excludes halogenated alkanes) is 20. The van der Waals surface area contributed by atoms with Gasteiger partial charge in [-0.1, -0.05) is 178 Å². The number of hydrogen-bond acceptors (Lipinski definition) is 9. The lowest BCUT2D eigenvalue weighted by Crippen LogP contribution is -2.59. The predicted octanol–water partition coefficient (Wildman–Crippen LogP) is 10.5.